The van der Waals surface area contributed by atoms with Gasteiger partial charge in [0, 0.05) is 10.2 Å². The SMILES string of the molecule is CCC1CSC(Nc2ccc(Br)c(Cl)c2Cl)=N1. The molecule has 0 saturated carbocycles. The molecule has 2 nitrogen and oxygen atoms in total. The van der Waals surface area contributed by atoms with Crippen molar-refractivity contribution >= 4 is 61.7 Å². The predicted octanol–water partition coefficient (Wildman–Crippen LogP) is 5.05. The van der Waals surface area contributed by atoms with E-state index in [0.717, 1.165) is 27.5 Å². The van der Waals surface area contributed by atoms with Crippen LogP contribution in [0.5, 0.6) is 0 Å². The molecule has 1 heterocycles. The van der Waals surface area contributed by atoms with E-state index in [9.17, 15) is 0 Å². The lowest BCUT2D eigenvalue weighted by atomic mass is 10.3. The van der Waals surface area contributed by atoms with E-state index < -0.39 is 0 Å². The van der Waals surface area contributed by atoms with Crippen LogP contribution in [0.2, 0.25) is 10.0 Å². The molecule has 0 aromatic heterocycles. The molecule has 6 heteroatoms. The predicted molar refractivity (Wildman–Crippen MR) is 81.8 cm³/mol. The number of aliphatic imine (C=N–C) groups is 1. The van der Waals surface area contributed by atoms with E-state index in [1.165, 1.54) is 0 Å². The molecule has 1 aromatic rings. The Morgan fingerprint density at radius 1 is 1.47 bits per heavy atom. The minimum absolute atomic E-state index is 0.409. The van der Waals surface area contributed by atoms with E-state index >= 15 is 0 Å². The molecule has 0 aliphatic carbocycles. The number of thioether (sulfide) groups is 1. The van der Waals surface area contributed by atoms with Crippen LogP contribution in [0.1, 0.15) is 13.3 Å². The van der Waals surface area contributed by atoms with Crippen molar-refractivity contribution in [1.82, 2.24) is 0 Å². The van der Waals surface area contributed by atoms with Crippen LogP contribution in [0.3, 0.4) is 0 Å². The zero-order chi connectivity index (χ0) is 12.4. The molecule has 0 spiro atoms. The fraction of sp³-hybridized carbons (Fsp3) is 0.364. The van der Waals surface area contributed by atoms with Gasteiger partial charge in [0.2, 0.25) is 0 Å². The van der Waals surface area contributed by atoms with Gasteiger partial charge in [-0.2, -0.15) is 0 Å². The van der Waals surface area contributed by atoms with Crippen LogP contribution in [0.4, 0.5) is 5.69 Å². The molecule has 0 saturated heterocycles. The summed E-state index contributed by atoms with van der Waals surface area (Å²) >= 11 is 17.3. The van der Waals surface area contributed by atoms with E-state index in [1.807, 2.05) is 12.1 Å². The first-order chi connectivity index (χ1) is 8.11. The molecule has 92 valence electrons. The number of halogens is 3. The van der Waals surface area contributed by atoms with Gasteiger partial charge < -0.3 is 5.32 Å². The second kappa shape index (κ2) is 5.83. The van der Waals surface area contributed by atoms with Crippen molar-refractivity contribution in [3.8, 4) is 0 Å². The van der Waals surface area contributed by atoms with Gasteiger partial charge in [-0.05, 0) is 34.5 Å². The Bertz CT molecular complexity index is 465. The van der Waals surface area contributed by atoms with Crippen LogP contribution in [0, 0.1) is 0 Å². The lowest BCUT2D eigenvalue weighted by Gasteiger charge is -2.09. The molecule has 1 atom stereocenters. The van der Waals surface area contributed by atoms with E-state index in [2.05, 4.69) is 33.2 Å². The standard InChI is InChI=1S/C11H11BrCl2N2S/c1-2-6-5-17-11(15-6)16-8-4-3-7(12)9(13)10(8)14/h3-4,6H,2,5H2,1H3,(H,15,16). The van der Waals surface area contributed by atoms with Gasteiger partial charge in [0.05, 0.1) is 21.8 Å². The van der Waals surface area contributed by atoms with Crippen LogP contribution in [0.15, 0.2) is 21.6 Å². The highest BCUT2D eigenvalue weighted by Gasteiger charge is 2.18. The van der Waals surface area contributed by atoms with Gasteiger partial charge in [0.25, 0.3) is 0 Å². The number of nitrogens with one attached hydrogen (secondary N) is 1. The normalized spacial score (nSPS) is 19.3. The number of hydrogen-bond donors (Lipinski definition) is 1. The van der Waals surface area contributed by atoms with Crippen molar-refractivity contribution in [1.29, 1.82) is 0 Å². The molecule has 0 amide bonds. The first-order valence-corrected chi connectivity index (χ1v) is 7.76. The Labute approximate surface area is 123 Å². The summed E-state index contributed by atoms with van der Waals surface area (Å²) < 4.78 is 0.794. The molecule has 1 N–H and O–H groups in total. The Hall–Kier alpha value is 0.1000. The van der Waals surface area contributed by atoms with Crippen molar-refractivity contribution in [2.75, 3.05) is 11.1 Å². The minimum atomic E-state index is 0.409. The first kappa shape index (κ1) is 13.5. The largest absolute Gasteiger partial charge is 0.334 e. The highest BCUT2D eigenvalue weighted by atomic mass is 79.9. The van der Waals surface area contributed by atoms with Gasteiger partial charge in [0.15, 0.2) is 5.17 Å². The topological polar surface area (TPSA) is 24.4 Å². The molecule has 17 heavy (non-hydrogen) atoms. The van der Waals surface area contributed by atoms with Gasteiger partial charge in [-0.15, -0.1) is 0 Å². The van der Waals surface area contributed by atoms with Crippen LogP contribution in [-0.2, 0) is 0 Å². The lowest BCUT2D eigenvalue weighted by Crippen LogP contribution is -2.06. The monoisotopic (exact) mass is 352 g/mol. The number of hydrogen-bond acceptors (Lipinski definition) is 3. The van der Waals surface area contributed by atoms with Crippen LogP contribution in [-0.4, -0.2) is 17.0 Å². The summed E-state index contributed by atoms with van der Waals surface area (Å²) in [5.74, 6) is 1.03. The molecule has 1 unspecified atom stereocenters. The third-order valence-electron chi connectivity index (χ3n) is 2.46. The van der Waals surface area contributed by atoms with E-state index in [4.69, 9.17) is 23.2 Å². The van der Waals surface area contributed by atoms with Gasteiger partial charge in [-0.3, -0.25) is 4.99 Å². The summed E-state index contributed by atoms with van der Waals surface area (Å²) in [4.78, 5) is 4.55. The maximum Gasteiger partial charge on any atom is 0.161 e. The number of rotatable bonds is 2. The van der Waals surface area contributed by atoms with Crippen LogP contribution < -0.4 is 5.32 Å². The number of amidine groups is 1. The third-order valence-corrected chi connectivity index (χ3v) is 5.26. The first-order valence-electron chi connectivity index (χ1n) is 5.23. The quantitative estimate of drug-likeness (QED) is 0.752. The summed E-state index contributed by atoms with van der Waals surface area (Å²) in [5.41, 5.74) is 0.794. The smallest absolute Gasteiger partial charge is 0.161 e. The lowest BCUT2D eigenvalue weighted by molar-refractivity contribution is 0.738. The van der Waals surface area contributed by atoms with Crippen molar-refractivity contribution in [2.24, 2.45) is 4.99 Å². The van der Waals surface area contributed by atoms with E-state index in [-0.39, 0.29) is 0 Å². The van der Waals surface area contributed by atoms with Gasteiger partial charge in [-0.1, -0.05) is 41.9 Å². The number of nitrogens with zero attached hydrogens (tertiary/aromatic N) is 1. The summed E-state index contributed by atoms with van der Waals surface area (Å²) in [6.07, 6.45) is 1.06. The highest BCUT2D eigenvalue weighted by Crippen LogP contribution is 2.36. The Balaban J connectivity index is 2.17. The Morgan fingerprint density at radius 2 is 2.24 bits per heavy atom. The van der Waals surface area contributed by atoms with Gasteiger partial charge in [0.1, 0.15) is 0 Å². The summed E-state index contributed by atoms with van der Waals surface area (Å²) in [6.45, 7) is 2.14. The highest BCUT2D eigenvalue weighted by molar-refractivity contribution is 9.10. The molecular formula is C11H11BrCl2N2S. The zero-order valence-corrected chi connectivity index (χ0v) is 13.0. The maximum atomic E-state index is 6.16. The Kier molecular flexibility index (Phi) is 4.64. The molecule has 1 aliphatic rings. The van der Waals surface area contributed by atoms with Crippen molar-refractivity contribution in [3.05, 3.63) is 26.7 Å². The molecular weight excluding hydrogens is 343 g/mol. The number of anilines is 1. The maximum absolute atomic E-state index is 6.16. The minimum Gasteiger partial charge on any atom is -0.334 e. The number of benzene rings is 1. The third kappa shape index (κ3) is 3.11. The molecule has 1 aromatic carbocycles. The average Bonchev–Trinajstić information content (AvgIpc) is 2.78. The average molecular weight is 354 g/mol. The second-order valence-corrected chi connectivity index (χ2v) is 6.27. The molecule has 0 fully saturated rings. The van der Waals surface area contributed by atoms with Gasteiger partial charge in [-0.25, -0.2) is 0 Å². The van der Waals surface area contributed by atoms with Crippen molar-refractivity contribution < 1.29 is 0 Å². The fourth-order valence-corrected chi connectivity index (χ4v) is 3.32. The second-order valence-electron chi connectivity index (χ2n) is 3.66. The molecule has 1 aliphatic heterocycles. The van der Waals surface area contributed by atoms with Crippen LogP contribution in [0.25, 0.3) is 0 Å². The van der Waals surface area contributed by atoms with Crippen molar-refractivity contribution in [2.45, 2.75) is 19.4 Å². The molecule has 0 bridgehead atoms. The fourth-order valence-electron chi connectivity index (χ4n) is 1.43. The molecule has 2 rings (SSSR count). The summed E-state index contributed by atoms with van der Waals surface area (Å²) in [7, 11) is 0. The van der Waals surface area contributed by atoms with E-state index in [1.54, 1.807) is 11.8 Å². The summed E-state index contributed by atoms with van der Waals surface area (Å²) in [6, 6.07) is 4.17. The summed E-state index contributed by atoms with van der Waals surface area (Å²) in [5, 5.41) is 5.17. The molecule has 0 radical (unpaired) electrons. The van der Waals surface area contributed by atoms with Crippen molar-refractivity contribution in [3.63, 3.8) is 0 Å². The van der Waals surface area contributed by atoms with Gasteiger partial charge >= 0.3 is 0 Å². The zero-order valence-electron chi connectivity index (χ0n) is 9.14. The van der Waals surface area contributed by atoms with E-state index in [0.29, 0.717) is 16.1 Å². The van der Waals surface area contributed by atoms with Crippen LogP contribution >= 0.6 is 50.9 Å². The Morgan fingerprint density at radius 3 is 2.88 bits per heavy atom.